The first-order chi connectivity index (χ1) is 10.4. The van der Waals surface area contributed by atoms with Gasteiger partial charge in [-0.1, -0.05) is 29.0 Å². The molecule has 1 amide bonds. The van der Waals surface area contributed by atoms with E-state index in [9.17, 15) is 9.59 Å². The number of amides is 1. The summed E-state index contributed by atoms with van der Waals surface area (Å²) in [5, 5.41) is 15.9. The van der Waals surface area contributed by atoms with Crippen LogP contribution in [0.4, 0.5) is 0 Å². The van der Waals surface area contributed by atoms with E-state index in [0.29, 0.717) is 6.54 Å². The maximum atomic E-state index is 12.2. The zero-order valence-electron chi connectivity index (χ0n) is 12.8. The number of hydrogen-bond acceptors (Lipinski definition) is 4. The van der Waals surface area contributed by atoms with E-state index in [1.54, 1.807) is 11.9 Å². The third-order valence-corrected chi connectivity index (χ3v) is 3.39. The number of carbonyl (C=O) groups excluding carboxylic acids is 1. The van der Waals surface area contributed by atoms with Gasteiger partial charge in [-0.25, -0.2) is 9.48 Å². The standard InChI is InChI=1S/C15H18N4O3/c1-10-4-5-11(2)12(6-10)7-18(3)14(20)9-19-8-13(15(21)22)16-17-19/h4-6,8H,7,9H2,1-3H3,(H,21,22). The molecule has 0 aliphatic heterocycles. The molecular weight excluding hydrogens is 284 g/mol. The number of aromatic carboxylic acids is 1. The Labute approximate surface area is 128 Å². The van der Waals surface area contributed by atoms with E-state index < -0.39 is 5.97 Å². The van der Waals surface area contributed by atoms with Crippen molar-refractivity contribution >= 4 is 11.9 Å². The summed E-state index contributed by atoms with van der Waals surface area (Å²) in [5.41, 5.74) is 3.17. The molecule has 0 saturated carbocycles. The van der Waals surface area contributed by atoms with E-state index in [-0.39, 0.29) is 18.1 Å². The van der Waals surface area contributed by atoms with E-state index >= 15 is 0 Å². The predicted molar refractivity (Wildman–Crippen MR) is 79.4 cm³/mol. The van der Waals surface area contributed by atoms with Crippen LogP contribution in [0.1, 0.15) is 27.2 Å². The van der Waals surface area contributed by atoms with Crippen molar-refractivity contribution in [1.82, 2.24) is 19.9 Å². The molecule has 0 unspecified atom stereocenters. The summed E-state index contributed by atoms with van der Waals surface area (Å²) in [5.74, 6) is -1.33. The van der Waals surface area contributed by atoms with Crippen LogP contribution in [0.2, 0.25) is 0 Å². The van der Waals surface area contributed by atoms with Crippen molar-refractivity contribution in [2.45, 2.75) is 26.9 Å². The number of carbonyl (C=O) groups is 2. The first kappa shape index (κ1) is 15.7. The van der Waals surface area contributed by atoms with Crippen molar-refractivity contribution in [2.75, 3.05) is 7.05 Å². The van der Waals surface area contributed by atoms with Crippen LogP contribution in [0, 0.1) is 13.8 Å². The van der Waals surface area contributed by atoms with E-state index in [1.165, 1.54) is 10.9 Å². The Balaban J connectivity index is 2.02. The summed E-state index contributed by atoms with van der Waals surface area (Å²) in [6.45, 7) is 4.46. The molecule has 1 aromatic carbocycles. The highest BCUT2D eigenvalue weighted by Gasteiger charge is 2.14. The summed E-state index contributed by atoms with van der Waals surface area (Å²) in [6.07, 6.45) is 1.24. The SMILES string of the molecule is Cc1ccc(C)c(CN(C)C(=O)Cn2cc(C(=O)O)nn2)c1. The quantitative estimate of drug-likeness (QED) is 0.898. The van der Waals surface area contributed by atoms with Gasteiger partial charge in [-0.15, -0.1) is 5.10 Å². The molecule has 0 spiro atoms. The first-order valence-corrected chi connectivity index (χ1v) is 6.80. The molecule has 7 heteroatoms. The van der Waals surface area contributed by atoms with E-state index in [1.807, 2.05) is 26.0 Å². The predicted octanol–water partition coefficient (Wildman–Crippen LogP) is 1.25. The van der Waals surface area contributed by atoms with Crippen molar-refractivity contribution in [1.29, 1.82) is 0 Å². The van der Waals surface area contributed by atoms with Crippen LogP contribution in [-0.2, 0) is 17.9 Å². The fraction of sp³-hybridized carbons (Fsp3) is 0.333. The molecule has 1 heterocycles. The second-order valence-electron chi connectivity index (χ2n) is 5.29. The number of hydrogen-bond donors (Lipinski definition) is 1. The molecule has 1 N–H and O–H groups in total. The first-order valence-electron chi connectivity index (χ1n) is 6.80. The Morgan fingerprint density at radius 1 is 1.32 bits per heavy atom. The zero-order chi connectivity index (χ0) is 16.3. The number of carboxylic acids is 1. The minimum absolute atomic E-state index is 0.0400. The summed E-state index contributed by atoms with van der Waals surface area (Å²) in [7, 11) is 1.71. The zero-order valence-corrected chi connectivity index (χ0v) is 12.8. The number of rotatable bonds is 5. The van der Waals surface area contributed by atoms with Gasteiger partial charge in [0.05, 0.1) is 6.20 Å². The van der Waals surface area contributed by atoms with Gasteiger partial charge in [0.15, 0.2) is 5.69 Å². The molecular formula is C15H18N4O3. The van der Waals surface area contributed by atoms with Gasteiger partial charge in [0.1, 0.15) is 6.54 Å². The average molecular weight is 302 g/mol. The number of nitrogens with zero attached hydrogens (tertiary/aromatic N) is 4. The van der Waals surface area contributed by atoms with E-state index in [0.717, 1.165) is 16.7 Å². The Morgan fingerprint density at radius 2 is 2.05 bits per heavy atom. The van der Waals surface area contributed by atoms with Gasteiger partial charge in [-0.2, -0.15) is 0 Å². The molecule has 2 aromatic rings. The molecule has 116 valence electrons. The largest absolute Gasteiger partial charge is 0.476 e. The lowest BCUT2D eigenvalue weighted by molar-refractivity contribution is -0.131. The number of aromatic nitrogens is 3. The molecule has 1 aromatic heterocycles. The third kappa shape index (κ3) is 3.69. The summed E-state index contributed by atoms with van der Waals surface area (Å²) < 4.78 is 1.23. The van der Waals surface area contributed by atoms with Gasteiger partial charge in [-0.3, -0.25) is 4.79 Å². The second kappa shape index (κ2) is 6.38. The maximum absolute atomic E-state index is 12.2. The fourth-order valence-electron chi connectivity index (χ4n) is 2.05. The molecule has 2 rings (SSSR count). The van der Waals surface area contributed by atoms with Crippen LogP contribution in [-0.4, -0.2) is 43.9 Å². The van der Waals surface area contributed by atoms with Gasteiger partial charge in [0, 0.05) is 13.6 Å². The van der Waals surface area contributed by atoms with Crippen molar-refractivity contribution < 1.29 is 14.7 Å². The van der Waals surface area contributed by atoms with Gasteiger partial charge in [0.25, 0.3) is 0 Å². The number of carboxylic acid groups (broad SMARTS) is 1. The van der Waals surface area contributed by atoms with Gasteiger partial charge in [0.2, 0.25) is 5.91 Å². The molecule has 0 aliphatic carbocycles. The van der Waals surface area contributed by atoms with Crippen LogP contribution < -0.4 is 0 Å². The Morgan fingerprint density at radius 3 is 2.68 bits per heavy atom. The van der Waals surface area contributed by atoms with E-state index in [4.69, 9.17) is 5.11 Å². The number of benzene rings is 1. The van der Waals surface area contributed by atoms with Crippen LogP contribution in [0.15, 0.2) is 24.4 Å². The Bertz CT molecular complexity index is 709. The lowest BCUT2D eigenvalue weighted by Gasteiger charge is -2.18. The van der Waals surface area contributed by atoms with Crippen LogP contribution in [0.25, 0.3) is 0 Å². The van der Waals surface area contributed by atoms with Gasteiger partial charge in [-0.05, 0) is 25.0 Å². The Hall–Kier alpha value is -2.70. The highest BCUT2D eigenvalue weighted by Crippen LogP contribution is 2.13. The third-order valence-electron chi connectivity index (χ3n) is 3.39. The van der Waals surface area contributed by atoms with Crippen LogP contribution >= 0.6 is 0 Å². The Kier molecular flexibility index (Phi) is 4.55. The number of aryl methyl sites for hydroxylation is 2. The van der Waals surface area contributed by atoms with Gasteiger partial charge < -0.3 is 10.0 Å². The minimum atomic E-state index is -1.16. The highest BCUT2D eigenvalue weighted by molar-refractivity contribution is 5.84. The average Bonchev–Trinajstić information content (AvgIpc) is 2.91. The molecule has 0 aliphatic rings. The van der Waals surface area contributed by atoms with Crippen molar-refractivity contribution in [3.05, 3.63) is 46.8 Å². The molecule has 22 heavy (non-hydrogen) atoms. The lowest BCUT2D eigenvalue weighted by Crippen LogP contribution is -2.30. The smallest absolute Gasteiger partial charge is 0.358 e. The molecule has 0 bridgehead atoms. The molecule has 0 fully saturated rings. The summed E-state index contributed by atoms with van der Waals surface area (Å²) >= 11 is 0. The fourth-order valence-corrected chi connectivity index (χ4v) is 2.05. The summed E-state index contributed by atoms with van der Waals surface area (Å²) in [4.78, 5) is 24.5. The highest BCUT2D eigenvalue weighted by atomic mass is 16.4. The molecule has 7 nitrogen and oxygen atoms in total. The molecule has 0 saturated heterocycles. The van der Waals surface area contributed by atoms with Crippen molar-refractivity contribution in [2.24, 2.45) is 0 Å². The van der Waals surface area contributed by atoms with Crippen LogP contribution in [0.3, 0.4) is 0 Å². The van der Waals surface area contributed by atoms with Gasteiger partial charge >= 0.3 is 5.97 Å². The van der Waals surface area contributed by atoms with Crippen molar-refractivity contribution in [3.8, 4) is 0 Å². The monoisotopic (exact) mass is 302 g/mol. The summed E-state index contributed by atoms with van der Waals surface area (Å²) in [6, 6.07) is 6.11. The second-order valence-corrected chi connectivity index (χ2v) is 5.29. The molecule has 0 atom stereocenters. The van der Waals surface area contributed by atoms with E-state index in [2.05, 4.69) is 16.4 Å². The molecule has 0 radical (unpaired) electrons. The van der Waals surface area contributed by atoms with Crippen LogP contribution in [0.5, 0.6) is 0 Å². The maximum Gasteiger partial charge on any atom is 0.358 e. The topological polar surface area (TPSA) is 88.3 Å². The van der Waals surface area contributed by atoms with Crippen molar-refractivity contribution in [3.63, 3.8) is 0 Å². The normalized spacial score (nSPS) is 10.5. The number of likely N-dealkylation sites (N-methyl/N-ethyl adjacent to an activating group) is 1. The minimum Gasteiger partial charge on any atom is -0.476 e. The lowest BCUT2D eigenvalue weighted by atomic mass is 10.1.